The molecule has 0 aromatic rings. The van der Waals surface area contributed by atoms with Crippen LogP contribution in [0, 0.1) is 11.8 Å². The average Bonchev–Trinajstić information content (AvgIpc) is 3.05. The first-order valence-corrected chi connectivity index (χ1v) is 10.9. The zero-order valence-electron chi connectivity index (χ0n) is 17.7. The lowest BCUT2D eigenvalue weighted by molar-refractivity contribution is -0.148. The lowest BCUT2D eigenvalue weighted by atomic mass is 9.77. The van der Waals surface area contributed by atoms with Crippen LogP contribution in [0.25, 0.3) is 0 Å². The number of ether oxygens (including phenoxy) is 1. The Morgan fingerprint density at radius 2 is 1.90 bits per heavy atom. The molecule has 8 nitrogen and oxygen atoms in total. The molecule has 1 unspecified atom stereocenters. The maximum atomic E-state index is 13.6. The highest BCUT2D eigenvalue weighted by Gasteiger charge is 2.71. The molecule has 0 saturated carbocycles. The molecule has 1 spiro atoms. The van der Waals surface area contributed by atoms with Gasteiger partial charge >= 0.3 is 0 Å². The second kappa shape index (κ2) is 8.15. The van der Waals surface area contributed by atoms with Crippen molar-refractivity contribution < 1.29 is 24.2 Å². The van der Waals surface area contributed by atoms with Gasteiger partial charge in [0.1, 0.15) is 11.6 Å². The number of rotatable bonds is 6. The standard InChI is InChI=1S/C22H31N3O5/c1-3-4-11-24-12-6-9-22-17(16-15(30-22)8-5-10-23(2)19(16)27)20(28)25(13-7-14-26)18(22)21(24)29/h5-6,8-9,15-18,26H,3-4,7,10-14H2,1-2H3/t15-,16+,17+,18?,22+/m1/s1. The van der Waals surface area contributed by atoms with Crippen molar-refractivity contribution in [2.24, 2.45) is 11.8 Å². The van der Waals surface area contributed by atoms with Gasteiger partial charge in [-0.25, -0.2) is 0 Å². The van der Waals surface area contributed by atoms with Gasteiger partial charge < -0.3 is 24.5 Å². The number of amides is 3. The molecule has 30 heavy (non-hydrogen) atoms. The maximum absolute atomic E-state index is 13.6. The van der Waals surface area contributed by atoms with Crippen molar-refractivity contribution in [2.45, 2.75) is 43.9 Å². The highest BCUT2D eigenvalue weighted by Crippen LogP contribution is 2.53. The van der Waals surface area contributed by atoms with Gasteiger partial charge in [-0.15, -0.1) is 0 Å². The number of aliphatic hydroxyl groups excluding tert-OH is 1. The molecule has 2 saturated heterocycles. The number of likely N-dealkylation sites (N-methyl/N-ethyl adjacent to an activating group) is 1. The largest absolute Gasteiger partial charge is 0.396 e. The summed E-state index contributed by atoms with van der Waals surface area (Å²) >= 11 is 0. The summed E-state index contributed by atoms with van der Waals surface area (Å²) < 4.78 is 6.47. The number of carbonyl (C=O) groups is 3. The van der Waals surface area contributed by atoms with E-state index in [0.717, 1.165) is 12.8 Å². The van der Waals surface area contributed by atoms with E-state index in [2.05, 4.69) is 6.92 Å². The number of hydrogen-bond donors (Lipinski definition) is 1. The Kier molecular flexibility index (Phi) is 5.72. The van der Waals surface area contributed by atoms with Crippen molar-refractivity contribution in [3.05, 3.63) is 24.3 Å². The Morgan fingerprint density at radius 3 is 2.63 bits per heavy atom. The summed E-state index contributed by atoms with van der Waals surface area (Å²) in [4.78, 5) is 45.4. The fourth-order valence-electron chi connectivity index (χ4n) is 5.34. The highest BCUT2D eigenvalue weighted by atomic mass is 16.5. The van der Waals surface area contributed by atoms with E-state index in [4.69, 9.17) is 4.74 Å². The monoisotopic (exact) mass is 417 g/mol. The minimum absolute atomic E-state index is 0.0743. The van der Waals surface area contributed by atoms with Crippen LogP contribution in [0.15, 0.2) is 24.3 Å². The van der Waals surface area contributed by atoms with Crippen LogP contribution in [0.5, 0.6) is 0 Å². The third-order valence-corrected chi connectivity index (χ3v) is 6.78. The van der Waals surface area contributed by atoms with E-state index in [9.17, 15) is 19.5 Å². The molecule has 4 rings (SSSR count). The fraction of sp³-hybridized carbons (Fsp3) is 0.682. The molecule has 4 aliphatic heterocycles. The summed E-state index contributed by atoms with van der Waals surface area (Å²) in [6, 6.07) is -0.810. The number of carbonyl (C=O) groups excluding carboxylic acids is 3. The van der Waals surface area contributed by atoms with Gasteiger partial charge in [0.15, 0.2) is 0 Å². The van der Waals surface area contributed by atoms with Crippen LogP contribution in [0.4, 0.5) is 0 Å². The Bertz CT molecular complexity index is 781. The molecule has 4 aliphatic rings. The van der Waals surface area contributed by atoms with Gasteiger partial charge in [-0.05, 0) is 12.8 Å². The molecular weight excluding hydrogens is 386 g/mol. The van der Waals surface area contributed by atoms with Crippen molar-refractivity contribution in [1.82, 2.24) is 14.7 Å². The topological polar surface area (TPSA) is 90.4 Å². The molecule has 4 heterocycles. The van der Waals surface area contributed by atoms with Crippen molar-refractivity contribution in [2.75, 3.05) is 39.8 Å². The van der Waals surface area contributed by atoms with E-state index in [-0.39, 0.29) is 30.9 Å². The second-order valence-electron chi connectivity index (χ2n) is 8.64. The third-order valence-electron chi connectivity index (χ3n) is 6.78. The van der Waals surface area contributed by atoms with Gasteiger partial charge in [0.2, 0.25) is 17.7 Å². The van der Waals surface area contributed by atoms with E-state index in [1.807, 2.05) is 24.3 Å². The van der Waals surface area contributed by atoms with Gasteiger partial charge in [0.25, 0.3) is 0 Å². The molecule has 5 atom stereocenters. The molecule has 0 aromatic heterocycles. The van der Waals surface area contributed by atoms with Crippen molar-refractivity contribution in [3.8, 4) is 0 Å². The van der Waals surface area contributed by atoms with Crippen molar-refractivity contribution in [3.63, 3.8) is 0 Å². The Hall–Kier alpha value is -2.19. The lowest BCUT2D eigenvalue weighted by Crippen LogP contribution is -2.55. The van der Waals surface area contributed by atoms with Crippen LogP contribution in [0.2, 0.25) is 0 Å². The number of likely N-dealkylation sites (tertiary alicyclic amines) is 1. The van der Waals surface area contributed by atoms with E-state index in [1.54, 1.807) is 21.7 Å². The molecule has 1 N–H and O–H groups in total. The lowest BCUT2D eigenvalue weighted by Gasteiger charge is -2.35. The summed E-state index contributed by atoms with van der Waals surface area (Å²) in [6.07, 6.45) is 9.21. The number of nitrogens with zero attached hydrogens (tertiary/aromatic N) is 3. The number of unbranched alkanes of at least 4 members (excludes halogenated alkanes) is 1. The smallest absolute Gasteiger partial charge is 0.249 e. The SMILES string of the molecule is CCCCN1CC=C[C@]23O[C@@H]4C=CCN(C)C(=O)[C@@H]4[C@H]2C(=O)N(CCCO)C3C1=O. The van der Waals surface area contributed by atoms with Gasteiger partial charge in [-0.1, -0.05) is 37.6 Å². The Labute approximate surface area is 177 Å². The summed E-state index contributed by atoms with van der Waals surface area (Å²) in [5, 5.41) is 9.35. The number of aliphatic hydroxyl groups is 1. The summed E-state index contributed by atoms with van der Waals surface area (Å²) in [5.41, 5.74) is -1.15. The molecule has 0 aliphatic carbocycles. The van der Waals surface area contributed by atoms with Crippen molar-refractivity contribution >= 4 is 17.7 Å². The fourth-order valence-corrected chi connectivity index (χ4v) is 5.34. The highest BCUT2D eigenvalue weighted by molar-refractivity contribution is 5.99. The molecule has 164 valence electrons. The van der Waals surface area contributed by atoms with Crippen LogP contribution in [0.3, 0.4) is 0 Å². The van der Waals surface area contributed by atoms with Crippen LogP contribution in [0.1, 0.15) is 26.2 Å². The Balaban J connectivity index is 1.78. The van der Waals surface area contributed by atoms with Crippen molar-refractivity contribution in [1.29, 1.82) is 0 Å². The zero-order chi connectivity index (χ0) is 21.5. The molecule has 8 heteroatoms. The molecule has 0 radical (unpaired) electrons. The van der Waals surface area contributed by atoms with Crippen LogP contribution < -0.4 is 0 Å². The number of hydrogen-bond acceptors (Lipinski definition) is 5. The first kappa shape index (κ1) is 21.1. The zero-order valence-corrected chi connectivity index (χ0v) is 17.7. The van der Waals surface area contributed by atoms with Gasteiger partial charge in [0.05, 0.1) is 17.9 Å². The van der Waals surface area contributed by atoms with E-state index in [1.165, 1.54) is 0 Å². The first-order valence-electron chi connectivity index (χ1n) is 10.9. The normalized spacial score (nSPS) is 35.4. The van der Waals surface area contributed by atoms with E-state index < -0.39 is 29.6 Å². The number of fused-ring (bicyclic) bond motifs is 2. The molecular formula is C22H31N3O5. The minimum Gasteiger partial charge on any atom is -0.396 e. The first-order chi connectivity index (χ1) is 14.5. The molecule has 3 amide bonds. The maximum Gasteiger partial charge on any atom is 0.249 e. The summed E-state index contributed by atoms with van der Waals surface area (Å²) in [5.74, 6) is -1.88. The van der Waals surface area contributed by atoms with Gasteiger partial charge in [-0.2, -0.15) is 0 Å². The predicted octanol–water partition coefficient (Wildman–Crippen LogP) is 0.176. The minimum atomic E-state index is -1.15. The van der Waals surface area contributed by atoms with Gasteiger partial charge in [0, 0.05) is 39.8 Å². The third kappa shape index (κ3) is 3.08. The van der Waals surface area contributed by atoms with Gasteiger partial charge in [-0.3, -0.25) is 14.4 Å². The second-order valence-corrected chi connectivity index (χ2v) is 8.64. The average molecular weight is 418 g/mol. The Morgan fingerprint density at radius 1 is 1.10 bits per heavy atom. The molecule has 2 fully saturated rings. The van der Waals surface area contributed by atoms with E-state index in [0.29, 0.717) is 26.1 Å². The molecule has 0 aromatic carbocycles. The van der Waals surface area contributed by atoms with Crippen LogP contribution >= 0.6 is 0 Å². The summed E-state index contributed by atoms with van der Waals surface area (Å²) in [6.45, 7) is 3.82. The molecule has 0 bridgehead atoms. The van der Waals surface area contributed by atoms with Crippen LogP contribution in [-0.2, 0) is 19.1 Å². The summed E-state index contributed by atoms with van der Waals surface area (Å²) in [7, 11) is 1.72. The predicted molar refractivity (Wildman–Crippen MR) is 109 cm³/mol. The van der Waals surface area contributed by atoms with E-state index >= 15 is 0 Å². The van der Waals surface area contributed by atoms with Crippen LogP contribution in [-0.4, -0.2) is 95.1 Å². The quantitative estimate of drug-likeness (QED) is 0.623.